The lowest BCUT2D eigenvalue weighted by molar-refractivity contribution is -0.144. The topological polar surface area (TPSA) is 237 Å². The molecular weight excluding hydrogens is 452 g/mol. The number of amides is 3. The summed E-state index contributed by atoms with van der Waals surface area (Å²) in [6.45, 7) is 4.61. The van der Waals surface area contributed by atoms with E-state index in [1.807, 2.05) is 0 Å². The first-order chi connectivity index (χ1) is 15.9. The molecule has 0 aliphatic carbocycles. The Morgan fingerprint density at radius 2 is 1.65 bits per heavy atom. The summed E-state index contributed by atoms with van der Waals surface area (Å²) in [7, 11) is 0. The van der Waals surface area contributed by atoms with Gasteiger partial charge in [0.2, 0.25) is 17.7 Å². The number of nitrogens with one attached hydrogen (secondary N) is 4. The van der Waals surface area contributed by atoms with Crippen LogP contribution in [0.15, 0.2) is 12.5 Å². The van der Waals surface area contributed by atoms with Gasteiger partial charge in [-0.1, -0.05) is 20.3 Å². The molecule has 0 aliphatic rings. The number of hydrogen-bond acceptors (Lipinski definition) is 8. The number of hydrogen-bond donors (Lipinski definition) is 8. The lowest BCUT2D eigenvalue weighted by atomic mass is 9.98. The van der Waals surface area contributed by atoms with Gasteiger partial charge in [0, 0.05) is 18.3 Å². The van der Waals surface area contributed by atoms with Crippen molar-refractivity contribution in [3.05, 3.63) is 18.2 Å². The van der Waals surface area contributed by atoms with E-state index in [0.29, 0.717) is 12.1 Å². The minimum Gasteiger partial charge on any atom is -0.481 e. The van der Waals surface area contributed by atoms with Gasteiger partial charge in [-0.3, -0.25) is 19.2 Å². The summed E-state index contributed by atoms with van der Waals surface area (Å²) in [6.07, 6.45) is 0.998. The third-order valence-electron chi connectivity index (χ3n) is 5.18. The van der Waals surface area contributed by atoms with Crippen LogP contribution in [0.3, 0.4) is 0 Å². The molecule has 0 aromatic carbocycles. The number of rotatable bonds is 14. The minimum atomic E-state index is -1.53. The van der Waals surface area contributed by atoms with Gasteiger partial charge in [-0.05, 0) is 12.8 Å². The second-order valence-corrected chi connectivity index (χ2v) is 7.98. The Hall–Kier alpha value is -3.52. The molecule has 3 amide bonds. The third kappa shape index (κ3) is 8.78. The predicted octanol–water partition coefficient (Wildman–Crippen LogP) is -2.28. The Balaban J connectivity index is 3.04. The average Bonchev–Trinajstić information content (AvgIpc) is 3.26. The molecule has 0 radical (unpaired) electrons. The molecule has 34 heavy (non-hydrogen) atoms. The van der Waals surface area contributed by atoms with Gasteiger partial charge in [-0.2, -0.15) is 0 Å². The molecule has 0 bridgehead atoms. The number of carbonyl (C=O) groups is 5. The molecule has 6 unspecified atom stereocenters. The fraction of sp³-hybridized carbons (Fsp3) is 0.600. The predicted molar refractivity (Wildman–Crippen MR) is 117 cm³/mol. The maximum atomic E-state index is 13.0. The fourth-order valence-corrected chi connectivity index (χ4v) is 2.97. The number of carboxylic acid groups (broad SMARTS) is 2. The first-order valence-electron chi connectivity index (χ1n) is 10.6. The highest BCUT2D eigenvalue weighted by Gasteiger charge is 2.34. The van der Waals surface area contributed by atoms with E-state index in [4.69, 9.17) is 10.8 Å². The molecule has 0 spiro atoms. The van der Waals surface area contributed by atoms with E-state index >= 15 is 0 Å². The second kappa shape index (κ2) is 13.3. The zero-order valence-corrected chi connectivity index (χ0v) is 19.1. The van der Waals surface area contributed by atoms with E-state index in [-0.39, 0.29) is 6.42 Å². The van der Waals surface area contributed by atoms with Gasteiger partial charge in [-0.25, -0.2) is 9.78 Å². The number of imidazole rings is 1. The van der Waals surface area contributed by atoms with Crippen LogP contribution in [0.2, 0.25) is 0 Å². The van der Waals surface area contributed by atoms with E-state index in [1.54, 1.807) is 13.8 Å². The second-order valence-electron chi connectivity index (χ2n) is 7.98. The number of aliphatic hydroxyl groups is 1. The molecule has 0 fully saturated rings. The zero-order valence-electron chi connectivity index (χ0n) is 19.1. The SMILES string of the molecule is CCC(C)C(NC(=O)C(NC(=O)C(Cc1cnc[nH]1)NC(=O)C(N)CC(=O)O)C(C)O)C(=O)O. The Labute approximate surface area is 195 Å². The van der Waals surface area contributed by atoms with E-state index in [0.717, 1.165) is 0 Å². The van der Waals surface area contributed by atoms with Crippen LogP contribution < -0.4 is 21.7 Å². The number of aromatic nitrogens is 2. The number of carbonyl (C=O) groups excluding carboxylic acids is 3. The van der Waals surface area contributed by atoms with Crippen LogP contribution in [-0.2, 0) is 30.4 Å². The van der Waals surface area contributed by atoms with Crippen LogP contribution in [0, 0.1) is 5.92 Å². The van der Waals surface area contributed by atoms with Crippen LogP contribution in [0.25, 0.3) is 0 Å². The number of nitrogens with two attached hydrogens (primary N) is 1. The molecule has 9 N–H and O–H groups in total. The van der Waals surface area contributed by atoms with Crippen molar-refractivity contribution in [2.24, 2.45) is 11.7 Å². The number of H-pyrrole nitrogens is 1. The molecule has 6 atom stereocenters. The van der Waals surface area contributed by atoms with E-state index in [1.165, 1.54) is 19.4 Å². The third-order valence-corrected chi connectivity index (χ3v) is 5.18. The normalized spacial score (nSPS) is 16.3. The van der Waals surface area contributed by atoms with Crippen molar-refractivity contribution < 1.29 is 39.3 Å². The summed E-state index contributed by atoms with van der Waals surface area (Å²) in [5.41, 5.74) is 6.00. The van der Waals surface area contributed by atoms with Crippen LogP contribution in [0.1, 0.15) is 39.3 Å². The monoisotopic (exact) mass is 484 g/mol. The summed E-state index contributed by atoms with van der Waals surface area (Å²) in [6, 6.07) is -5.53. The summed E-state index contributed by atoms with van der Waals surface area (Å²) in [4.78, 5) is 66.9. The van der Waals surface area contributed by atoms with Crippen LogP contribution in [0.4, 0.5) is 0 Å². The Morgan fingerprint density at radius 1 is 1.03 bits per heavy atom. The molecule has 14 heteroatoms. The maximum Gasteiger partial charge on any atom is 0.326 e. The number of aliphatic hydroxyl groups excluding tert-OH is 1. The molecule has 1 rings (SSSR count). The number of aromatic amines is 1. The van der Waals surface area contributed by atoms with Crippen molar-refractivity contribution in [1.82, 2.24) is 25.9 Å². The maximum absolute atomic E-state index is 13.0. The van der Waals surface area contributed by atoms with Crippen molar-refractivity contribution >= 4 is 29.7 Å². The molecule has 1 aromatic heterocycles. The Morgan fingerprint density at radius 3 is 2.12 bits per heavy atom. The van der Waals surface area contributed by atoms with Gasteiger partial charge in [-0.15, -0.1) is 0 Å². The van der Waals surface area contributed by atoms with Gasteiger partial charge in [0.25, 0.3) is 0 Å². The molecule has 1 heterocycles. The van der Waals surface area contributed by atoms with Gasteiger partial charge in [0.1, 0.15) is 18.1 Å². The van der Waals surface area contributed by atoms with Crippen molar-refractivity contribution in [2.75, 3.05) is 0 Å². The lowest BCUT2D eigenvalue weighted by Crippen LogP contribution is -2.60. The highest BCUT2D eigenvalue weighted by Crippen LogP contribution is 2.09. The first kappa shape index (κ1) is 28.5. The number of aliphatic carboxylic acids is 2. The minimum absolute atomic E-state index is 0.115. The van der Waals surface area contributed by atoms with Gasteiger partial charge in [0.05, 0.1) is 24.9 Å². The van der Waals surface area contributed by atoms with Crippen molar-refractivity contribution in [3.63, 3.8) is 0 Å². The molecule has 190 valence electrons. The number of carboxylic acids is 2. The van der Waals surface area contributed by atoms with Crippen LogP contribution in [-0.4, -0.2) is 85.2 Å². The van der Waals surface area contributed by atoms with Gasteiger partial charge in [0.15, 0.2) is 0 Å². The quantitative estimate of drug-likeness (QED) is 0.141. The highest BCUT2D eigenvalue weighted by atomic mass is 16.4. The average molecular weight is 485 g/mol. The summed E-state index contributed by atoms with van der Waals surface area (Å²) in [5, 5.41) is 35.3. The van der Waals surface area contributed by atoms with Crippen LogP contribution >= 0.6 is 0 Å². The largest absolute Gasteiger partial charge is 0.481 e. The molecule has 0 saturated heterocycles. The van der Waals surface area contributed by atoms with Gasteiger partial charge < -0.3 is 42.0 Å². The Bertz CT molecular complexity index is 859. The zero-order chi connectivity index (χ0) is 26.0. The number of nitrogens with zero attached hydrogens (tertiary/aromatic N) is 1. The highest BCUT2D eigenvalue weighted by molar-refractivity contribution is 5.95. The molecular formula is C20H32N6O8. The summed E-state index contributed by atoms with van der Waals surface area (Å²) in [5.74, 6) is -5.72. The summed E-state index contributed by atoms with van der Waals surface area (Å²) < 4.78 is 0. The molecule has 14 nitrogen and oxygen atoms in total. The Kier molecular flexibility index (Phi) is 11.1. The molecule has 0 aliphatic heterocycles. The summed E-state index contributed by atoms with van der Waals surface area (Å²) >= 11 is 0. The van der Waals surface area contributed by atoms with Crippen molar-refractivity contribution in [3.8, 4) is 0 Å². The molecule has 0 saturated carbocycles. The standard InChI is InChI=1S/C20H32N6O8/c1-4-9(2)15(20(33)34)25-19(32)16(10(3)27)26-18(31)13(5-11-7-22-8-23-11)24-17(30)12(21)6-14(28)29/h7-10,12-13,15-16,27H,4-6,21H2,1-3H3,(H,22,23)(H,24,30)(H,25,32)(H,26,31)(H,28,29)(H,33,34). The smallest absolute Gasteiger partial charge is 0.326 e. The van der Waals surface area contributed by atoms with E-state index < -0.39 is 72.3 Å². The van der Waals surface area contributed by atoms with Gasteiger partial charge >= 0.3 is 11.9 Å². The molecule has 1 aromatic rings. The van der Waals surface area contributed by atoms with Crippen molar-refractivity contribution in [1.29, 1.82) is 0 Å². The lowest BCUT2D eigenvalue weighted by Gasteiger charge is -2.27. The fourth-order valence-electron chi connectivity index (χ4n) is 2.97. The van der Waals surface area contributed by atoms with Crippen molar-refractivity contribution in [2.45, 2.75) is 70.3 Å². The van der Waals surface area contributed by atoms with E-state index in [9.17, 15) is 34.2 Å². The van der Waals surface area contributed by atoms with Crippen LogP contribution in [0.5, 0.6) is 0 Å². The van der Waals surface area contributed by atoms with E-state index in [2.05, 4.69) is 25.9 Å². The first-order valence-corrected chi connectivity index (χ1v) is 10.6.